The highest BCUT2D eigenvalue weighted by Crippen LogP contribution is 2.51. The molecule has 0 unspecified atom stereocenters. The van der Waals surface area contributed by atoms with Crippen LogP contribution in [-0.4, -0.2) is 35.6 Å². The van der Waals surface area contributed by atoms with Gasteiger partial charge in [-0.2, -0.15) is 0 Å². The van der Waals surface area contributed by atoms with Crippen molar-refractivity contribution in [2.45, 2.75) is 69.9 Å². The molecule has 1 saturated carbocycles. The van der Waals surface area contributed by atoms with Crippen LogP contribution >= 0.6 is 0 Å². The second kappa shape index (κ2) is 6.54. The van der Waals surface area contributed by atoms with Crippen molar-refractivity contribution in [3.05, 3.63) is 35.4 Å². The molecule has 4 rings (SSSR count). The Balaban J connectivity index is 0.00000225. The molecule has 2 aliphatic carbocycles. The summed E-state index contributed by atoms with van der Waals surface area (Å²) in [5, 5.41) is 3.29. The molecule has 0 aromatic heterocycles. The number of carbonyl (C=O) groups is 2. The summed E-state index contributed by atoms with van der Waals surface area (Å²) in [6.45, 7) is 7.10. The number of hydrogen-bond acceptors (Lipinski definition) is 3. The van der Waals surface area contributed by atoms with Crippen LogP contribution in [0, 0.1) is 5.92 Å². The first-order chi connectivity index (χ1) is 12.8. The molecule has 1 saturated heterocycles. The first kappa shape index (κ1) is 18.3. The third-order valence-electron chi connectivity index (χ3n) is 6.14. The third-order valence-corrected chi connectivity index (χ3v) is 6.14. The molecule has 27 heavy (non-hydrogen) atoms. The van der Waals surface area contributed by atoms with E-state index >= 15 is 0 Å². The molecule has 148 valence electrons. The molecular weight excluding hydrogens is 340 g/mol. The minimum absolute atomic E-state index is 0. The van der Waals surface area contributed by atoms with Gasteiger partial charge in [0, 0.05) is 25.8 Å². The maximum absolute atomic E-state index is 12.4. The number of piperidine rings is 1. The summed E-state index contributed by atoms with van der Waals surface area (Å²) in [4.78, 5) is 26.6. The molecule has 1 aromatic rings. The van der Waals surface area contributed by atoms with Gasteiger partial charge >= 0.3 is 6.09 Å². The van der Waals surface area contributed by atoms with Gasteiger partial charge in [-0.05, 0) is 64.0 Å². The molecule has 1 aromatic carbocycles. The second-order valence-electron chi connectivity index (χ2n) is 9.37. The van der Waals surface area contributed by atoms with E-state index in [0.29, 0.717) is 13.1 Å². The summed E-state index contributed by atoms with van der Waals surface area (Å²) >= 11 is 0. The fraction of sp³-hybridized carbons (Fsp3) is 0.636. The van der Waals surface area contributed by atoms with Crippen molar-refractivity contribution < 1.29 is 15.8 Å². The van der Waals surface area contributed by atoms with Gasteiger partial charge in [0.1, 0.15) is 5.60 Å². The molecule has 2 fully saturated rings. The zero-order valence-electron chi connectivity index (χ0n) is 16.6. The molecule has 0 radical (unpaired) electrons. The zero-order chi connectivity index (χ0) is 19.2. The van der Waals surface area contributed by atoms with Crippen LogP contribution in [-0.2, 0) is 14.9 Å². The Labute approximate surface area is 162 Å². The van der Waals surface area contributed by atoms with Gasteiger partial charge in [0.05, 0.1) is 6.04 Å². The van der Waals surface area contributed by atoms with E-state index in [1.54, 1.807) is 0 Å². The monoisotopic (exact) mass is 372 g/mol. The second-order valence-corrected chi connectivity index (χ2v) is 9.37. The highest BCUT2D eigenvalue weighted by atomic mass is 16.6. The lowest BCUT2D eigenvalue weighted by molar-refractivity contribution is -0.123. The number of ether oxygens (including phenoxy) is 1. The molecule has 0 bridgehead atoms. The number of fused-ring (bicyclic) bond motifs is 2. The molecule has 3 aliphatic rings. The average molecular weight is 373 g/mol. The lowest BCUT2D eigenvalue weighted by Gasteiger charge is -2.40. The summed E-state index contributed by atoms with van der Waals surface area (Å²) < 4.78 is 5.53. The van der Waals surface area contributed by atoms with Crippen LogP contribution in [0.25, 0.3) is 0 Å². The van der Waals surface area contributed by atoms with E-state index in [0.717, 1.165) is 32.1 Å². The molecule has 5 heteroatoms. The first-order valence-corrected chi connectivity index (χ1v) is 10.2. The van der Waals surface area contributed by atoms with Gasteiger partial charge in [0.2, 0.25) is 5.91 Å². The molecular formula is C22H32N2O3. The number of amides is 2. The highest BCUT2D eigenvalue weighted by molar-refractivity contribution is 5.81. The van der Waals surface area contributed by atoms with E-state index in [2.05, 4.69) is 29.6 Å². The Bertz CT molecular complexity index is 746. The minimum Gasteiger partial charge on any atom is -0.444 e. The van der Waals surface area contributed by atoms with E-state index in [4.69, 9.17) is 4.74 Å². The van der Waals surface area contributed by atoms with Gasteiger partial charge < -0.3 is 15.0 Å². The van der Waals surface area contributed by atoms with Crippen LogP contribution in [0.15, 0.2) is 24.3 Å². The summed E-state index contributed by atoms with van der Waals surface area (Å²) in [5.41, 5.74) is 2.20. The molecule has 5 nitrogen and oxygen atoms in total. The lowest BCUT2D eigenvalue weighted by atomic mass is 9.73. The fourth-order valence-electron chi connectivity index (χ4n) is 4.58. The van der Waals surface area contributed by atoms with Crippen molar-refractivity contribution >= 4 is 12.0 Å². The smallest absolute Gasteiger partial charge is 0.410 e. The topological polar surface area (TPSA) is 58.6 Å². The fourth-order valence-corrected chi connectivity index (χ4v) is 4.58. The highest BCUT2D eigenvalue weighted by Gasteiger charge is 2.47. The van der Waals surface area contributed by atoms with Crippen LogP contribution < -0.4 is 5.32 Å². The predicted molar refractivity (Wildman–Crippen MR) is 105 cm³/mol. The number of rotatable bonds is 2. The SMILES string of the molecule is CC(C)(C)OC(=O)N1CCC2(CC1)C[C@H](NC(=O)C1CC1)c1ccccc12.[HH]. The number of nitrogens with zero attached hydrogens (tertiary/aromatic N) is 1. The van der Waals surface area contributed by atoms with E-state index in [1.165, 1.54) is 11.1 Å². The van der Waals surface area contributed by atoms with Crippen molar-refractivity contribution in [1.29, 1.82) is 0 Å². The molecule has 1 aliphatic heterocycles. The number of benzene rings is 1. The van der Waals surface area contributed by atoms with Crippen molar-refractivity contribution in [1.82, 2.24) is 10.2 Å². The van der Waals surface area contributed by atoms with Gasteiger partial charge in [0.15, 0.2) is 0 Å². The normalized spacial score (nSPS) is 23.8. The van der Waals surface area contributed by atoms with E-state index in [9.17, 15) is 9.59 Å². The van der Waals surface area contributed by atoms with Gasteiger partial charge in [-0.15, -0.1) is 0 Å². The Morgan fingerprint density at radius 3 is 2.48 bits per heavy atom. The third kappa shape index (κ3) is 3.69. The molecule has 1 spiro atoms. The maximum Gasteiger partial charge on any atom is 0.410 e. The number of carbonyl (C=O) groups excluding carboxylic acids is 2. The Morgan fingerprint density at radius 2 is 1.85 bits per heavy atom. The van der Waals surface area contributed by atoms with E-state index < -0.39 is 5.60 Å². The van der Waals surface area contributed by atoms with Crippen LogP contribution in [0.3, 0.4) is 0 Å². The summed E-state index contributed by atoms with van der Waals surface area (Å²) in [7, 11) is 0. The van der Waals surface area contributed by atoms with Gasteiger partial charge in [-0.25, -0.2) is 4.79 Å². The summed E-state index contributed by atoms with van der Waals surface area (Å²) in [6.07, 6.45) is 4.60. The van der Waals surface area contributed by atoms with Crippen molar-refractivity contribution in [3.63, 3.8) is 0 Å². The van der Waals surface area contributed by atoms with Crippen LogP contribution in [0.1, 0.15) is 71.5 Å². The summed E-state index contributed by atoms with van der Waals surface area (Å²) in [5.74, 6) is 0.431. The van der Waals surface area contributed by atoms with E-state index in [1.807, 2.05) is 25.7 Å². The lowest BCUT2D eigenvalue weighted by Crippen LogP contribution is -2.46. The quantitative estimate of drug-likeness (QED) is 0.847. The van der Waals surface area contributed by atoms with Crippen LogP contribution in [0.2, 0.25) is 0 Å². The van der Waals surface area contributed by atoms with Crippen molar-refractivity contribution in [2.75, 3.05) is 13.1 Å². The molecule has 1 N–H and O–H groups in total. The standard InChI is InChI=1S/C22H30N2O3.H2/c1-21(2,3)27-20(26)24-12-10-22(11-13-24)14-18(23-19(25)15-8-9-15)16-6-4-5-7-17(16)22;/h4-7,15,18H,8-14H2,1-3H3,(H,23,25);1H/t18-;/m0./s1. The Hall–Kier alpha value is -2.04. The van der Waals surface area contributed by atoms with Gasteiger partial charge in [-0.1, -0.05) is 24.3 Å². The number of likely N-dealkylation sites (tertiary alicyclic amines) is 1. The van der Waals surface area contributed by atoms with E-state index in [-0.39, 0.29) is 30.8 Å². The zero-order valence-corrected chi connectivity index (χ0v) is 16.6. The molecule has 2 amide bonds. The average Bonchev–Trinajstić information content (AvgIpc) is 3.42. The Kier molecular flexibility index (Phi) is 4.44. The van der Waals surface area contributed by atoms with Crippen LogP contribution in [0.4, 0.5) is 4.79 Å². The molecule has 1 atom stereocenters. The van der Waals surface area contributed by atoms with Gasteiger partial charge in [-0.3, -0.25) is 4.79 Å². The minimum atomic E-state index is -0.468. The number of hydrogen-bond donors (Lipinski definition) is 1. The van der Waals surface area contributed by atoms with Crippen molar-refractivity contribution in [2.24, 2.45) is 5.92 Å². The maximum atomic E-state index is 12.4. The first-order valence-electron chi connectivity index (χ1n) is 10.2. The molecule has 1 heterocycles. The largest absolute Gasteiger partial charge is 0.444 e. The predicted octanol–water partition coefficient (Wildman–Crippen LogP) is 4.17. The van der Waals surface area contributed by atoms with Gasteiger partial charge in [0.25, 0.3) is 0 Å². The van der Waals surface area contributed by atoms with Crippen LogP contribution in [0.5, 0.6) is 0 Å². The Morgan fingerprint density at radius 1 is 1.19 bits per heavy atom. The summed E-state index contributed by atoms with van der Waals surface area (Å²) in [6, 6.07) is 8.61. The number of nitrogens with one attached hydrogen (secondary N) is 1. The van der Waals surface area contributed by atoms with Crippen molar-refractivity contribution in [3.8, 4) is 0 Å².